The van der Waals surface area contributed by atoms with E-state index in [4.69, 9.17) is 0 Å². The Bertz CT molecular complexity index is 885. The SMILES string of the molecule is CC(C)c1ccc(/C=C/C(=O)c2ccc(N3C(=O)C=CC3=O)cc2)cc1. The van der Waals surface area contributed by atoms with Gasteiger partial charge in [0.05, 0.1) is 5.69 Å². The van der Waals surface area contributed by atoms with Crippen LogP contribution in [0, 0.1) is 0 Å². The third kappa shape index (κ3) is 3.70. The second-order valence-electron chi connectivity index (χ2n) is 6.41. The molecule has 4 nitrogen and oxygen atoms in total. The first kappa shape index (κ1) is 17.5. The van der Waals surface area contributed by atoms with Gasteiger partial charge in [0, 0.05) is 17.7 Å². The molecule has 130 valence electrons. The van der Waals surface area contributed by atoms with Crippen LogP contribution < -0.4 is 4.90 Å². The van der Waals surface area contributed by atoms with E-state index in [0.29, 0.717) is 17.2 Å². The van der Waals surface area contributed by atoms with Gasteiger partial charge in [-0.25, -0.2) is 4.90 Å². The largest absolute Gasteiger partial charge is 0.289 e. The van der Waals surface area contributed by atoms with E-state index in [1.165, 1.54) is 23.8 Å². The van der Waals surface area contributed by atoms with E-state index in [1.807, 2.05) is 12.1 Å². The van der Waals surface area contributed by atoms with Crippen molar-refractivity contribution in [3.8, 4) is 0 Å². The van der Waals surface area contributed by atoms with Crippen LogP contribution in [-0.4, -0.2) is 17.6 Å². The topological polar surface area (TPSA) is 54.5 Å². The van der Waals surface area contributed by atoms with Gasteiger partial charge >= 0.3 is 0 Å². The molecular formula is C22H19NO3. The van der Waals surface area contributed by atoms with E-state index in [-0.39, 0.29) is 17.6 Å². The number of carbonyl (C=O) groups excluding carboxylic acids is 3. The van der Waals surface area contributed by atoms with Gasteiger partial charge < -0.3 is 0 Å². The van der Waals surface area contributed by atoms with Crippen LogP contribution in [-0.2, 0) is 9.59 Å². The van der Waals surface area contributed by atoms with Crippen molar-refractivity contribution in [2.45, 2.75) is 19.8 Å². The smallest absolute Gasteiger partial charge is 0.258 e. The van der Waals surface area contributed by atoms with Crippen LogP contribution in [0.4, 0.5) is 5.69 Å². The minimum absolute atomic E-state index is 0.137. The molecule has 0 saturated carbocycles. The van der Waals surface area contributed by atoms with Gasteiger partial charge in [0.2, 0.25) is 0 Å². The molecule has 26 heavy (non-hydrogen) atoms. The third-order valence-electron chi connectivity index (χ3n) is 4.25. The highest BCUT2D eigenvalue weighted by Crippen LogP contribution is 2.20. The first-order valence-electron chi connectivity index (χ1n) is 8.44. The molecule has 0 N–H and O–H groups in total. The molecule has 0 saturated heterocycles. The van der Waals surface area contributed by atoms with Crippen LogP contribution in [0.5, 0.6) is 0 Å². The zero-order valence-electron chi connectivity index (χ0n) is 14.7. The molecule has 3 rings (SSSR count). The minimum Gasteiger partial charge on any atom is -0.289 e. The fourth-order valence-corrected chi connectivity index (χ4v) is 2.69. The normalized spacial score (nSPS) is 14.0. The predicted molar refractivity (Wildman–Crippen MR) is 102 cm³/mol. The van der Waals surface area contributed by atoms with Gasteiger partial charge in [-0.1, -0.05) is 44.2 Å². The zero-order valence-corrected chi connectivity index (χ0v) is 14.7. The molecule has 2 amide bonds. The number of rotatable bonds is 5. The second kappa shape index (κ2) is 7.31. The highest BCUT2D eigenvalue weighted by molar-refractivity contribution is 6.28. The van der Waals surface area contributed by atoms with Gasteiger partial charge in [-0.05, 0) is 47.4 Å². The fourth-order valence-electron chi connectivity index (χ4n) is 2.69. The summed E-state index contributed by atoms with van der Waals surface area (Å²) in [6.07, 6.45) is 5.76. The molecule has 0 atom stereocenters. The quantitative estimate of drug-likeness (QED) is 0.465. The van der Waals surface area contributed by atoms with Crippen LogP contribution in [0.1, 0.15) is 41.3 Å². The first-order chi connectivity index (χ1) is 12.5. The summed E-state index contributed by atoms with van der Waals surface area (Å²) in [6, 6.07) is 14.5. The van der Waals surface area contributed by atoms with Crippen molar-refractivity contribution in [1.29, 1.82) is 0 Å². The third-order valence-corrected chi connectivity index (χ3v) is 4.25. The summed E-state index contributed by atoms with van der Waals surface area (Å²) in [4.78, 5) is 36.7. The van der Waals surface area contributed by atoms with Crippen LogP contribution in [0.3, 0.4) is 0 Å². The lowest BCUT2D eigenvalue weighted by atomic mass is 10.0. The molecule has 0 bridgehead atoms. The summed E-state index contributed by atoms with van der Waals surface area (Å²) in [5, 5.41) is 0. The maximum Gasteiger partial charge on any atom is 0.258 e. The summed E-state index contributed by atoms with van der Waals surface area (Å²) in [5.74, 6) is -0.419. The molecule has 2 aromatic carbocycles. The van der Waals surface area contributed by atoms with Crippen molar-refractivity contribution in [3.63, 3.8) is 0 Å². The number of benzene rings is 2. The molecule has 1 heterocycles. The molecular weight excluding hydrogens is 326 g/mol. The molecule has 0 radical (unpaired) electrons. The van der Waals surface area contributed by atoms with Gasteiger partial charge in [-0.2, -0.15) is 0 Å². The molecule has 1 aliphatic heterocycles. The van der Waals surface area contributed by atoms with E-state index < -0.39 is 0 Å². The van der Waals surface area contributed by atoms with Gasteiger partial charge in [-0.15, -0.1) is 0 Å². The standard InChI is InChI=1S/C22H19NO3/c1-15(2)17-6-3-16(4-7-17)5-12-20(24)18-8-10-19(11-9-18)23-21(25)13-14-22(23)26/h3-15H,1-2H3/b12-5+. The molecule has 1 aliphatic rings. The summed E-state index contributed by atoms with van der Waals surface area (Å²) >= 11 is 0. The van der Waals surface area contributed by atoms with Crippen molar-refractivity contribution >= 4 is 29.4 Å². The van der Waals surface area contributed by atoms with Gasteiger partial charge in [0.1, 0.15) is 0 Å². The predicted octanol–water partition coefficient (Wildman–Crippen LogP) is 4.14. The number of anilines is 1. The lowest BCUT2D eigenvalue weighted by Gasteiger charge is -2.13. The Morgan fingerprint density at radius 1 is 0.885 bits per heavy atom. The Morgan fingerprint density at radius 2 is 1.46 bits per heavy atom. The number of amides is 2. The van der Waals surface area contributed by atoms with Crippen LogP contribution in [0.2, 0.25) is 0 Å². The first-order valence-corrected chi connectivity index (χ1v) is 8.44. The number of imide groups is 1. The number of hydrogen-bond acceptors (Lipinski definition) is 3. The minimum atomic E-state index is -0.376. The van der Waals surface area contributed by atoms with Crippen molar-refractivity contribution in [2.24, 2.45) is 0 Å². The van der Waals surface area contributed by atoms with Crippen LogP contribution >= 0.6 is 0 Å². The van der Waals surface area contributed by atoms with Crippen LogP contribution in [0.15, 0.2) is 66.8 Å². The highest BCUT2D eigenvalue weighted by Gasteiger charge is 2.24. The molecule has 0 fully saturated rings. The molecule has 0 unspecified atom stereocenters. The molecule has 0 spiro atoms. The fraction of sp³-hybridized carbons (Fsp3) is 0.136. The molecule has 4 heteroatoms. The van der Waals surface area contributed by atoms with Crippen molar-refractivity contribution in [3.05, 3.63) is 83.4 Å². The average molecular weight is 345 g/mol. The average Bonchev–Trinajstić information content (AvgIpc) is 2.98. The second-order valence-corrected chi connectivity index (χ2v) is 6.41. The molecule has 2 aromatic rings. The molecule has 0 aromatic heterocycles. The van der Waals surface area contributed by atoms with Crippen molar-refractivity contribution < 1.29 is 14.4 Å². The Labute approximate surface area is 152 Å². The maximum absolute atomic E-state index is 12.3. The highest BCUT2D eigenvalue weighted by atomic mass is 16.2. The number of carbonyl (C=O) groups is 3. The summed E-state index contributed by atoms with van der Waals surface area (Å²) in [7, 11) is 0. The van der Waals surface area contributed by atoms with Gasteiger partial charge in [0.25, 0.3) is 11.8 Å². The van der Waals surface area contributed by atoms with Crippen molar-refractivity contribution in [2.75, 3.05) is 4.90 Å². The summed E-state index contributed by atoms with van der Waals surface area (Å²) < 4.78 is 0. The lowest BCUT2D eigenvalue weighted by molar-refractivity contribution is -0.119. The number of ketones is 1. The summed E-state index contributed by atoms with van der Waals surface area (Å²) in [5.41, 5.74) is 3.16. The van der Waals surface area contributed by atoms with Gasteiger partial charge in [0.15, 0.2) is 5.78 Å². The summed E-state index contributed by atoms with van der Waals surface area (Å²) in [6.45, 7) is 4.27. The van der Waals surface area contributed by atoms with E-state index in [9.17, 15) is 14.4 Å². The number of nitrogens with zero attached hydrogens (tertiary/aromatic N) is 1. The zero-order chi connectivity index (χ0) is 18.7. The number of hydrogen-bond donors (Lipinski definition) is 0. The molecule has 0 aliphatic carbocycles. The monoisotopic (exact) mass is 345 g/mol. The van der Waals surface area contributed by atoms with E-state index in [0.717, 1.165) is 10.5 Å². The van der Waals surface area contributed by atoms with Crippen LogP contribution in [0.25, 0.3) is 6.08 Å². The van der Waals surface area contributed by atoms with Crippen molar-refractivity contribution in [1.82, 2.24) is 0 Å². The Morgan fingerprint density at radius 3 is 2.00 bits per heavy atom. The maximum atomic E-state index is 12.3. The Kier molecular flexibility index (Phi) is 4.94. The van der Waals surface area contributed by atoms with E-state index >= 15 is 0 Å². The Hall–Kier alpha value is -3.27. The van der Waals surface area contributed by atoms with Gasteiger partial charge in [-0.3, -0.25) is 14.4 Å². The van der Waals surface area contributed by atoms with E-state index in [2.05, 4.69) is 26.0 Å². The lowest BCUT2D eigenvalue weighted by Crippen LogP contribution is -2.29. The number of allylic oxidation sites excluding steroid dienone is 1. The Balaban J connectivity index is 1.70. The van der Waals surface area contributed by atoms with E-state index in [1.54, 1.807) is 30.3 Å².